The number of rotatable bonds is 5. The van der Waals surface area contributed by atoms with E-state index in [-0.39, 0.29) is 30.3 Å². The highest BCUT2D eigenvalue weighted by Crippen LogP contribution is 2.16. The molecule has 0 amide bonds. The fourth-order valence-corrected chi connectivity index (χ4v) is 2.21. The van der Waals surface area contributed by atoms with Crippen molar-refractivity contribution < 1.29 is 24.5 Å². The van der Waals surface area contributed by atoms with E-state index in [2.05, 4.69) is 4.74 Å². The van der Waals surface area contributed by atoms with Gasteiger partial charge in [0.15, 0.2) is 5.78 Å². The van der Waals surface area contributed by atoms with Crippen molar-refractivity contribution in [1.29, 1.82) is 0 Å². The van der Waals surface area contributed by atoms with E-state index in [9.17, 15) is 14.7 Å². The molecule has 138 valence electrons. The highest BCUT2D eigenvalue weighted by Gasteiger charge is 2.10. The molecule has 0 atom stereocenters. The smallest absolute Gasteiger partial charge is 0.341 e. The third kappa shape index (κ3) is 6.09. The van der Waals surface area contributed by atoms with Crippen LogP contribution < -0.4 is 0 Å². The summed E-state index contributed by atoms with van der Waals surface area (Å²) in [6.07, 6.45) is 0. The van der Waals surface area contributed by atoms with Gasteiger partial charge in [-0.2, -0.15) is 0 Å². The standard InChI is InChI=1S/C13H10O.C9H10O4/c14-13(11-7-3-1-4-8-11)12-9-5-2-6-10-12;10-5-6-13-9(12)7-3-1-2-4-8(7)11/h1-10H;1-4,10-11H,5-6H2. The minimum Gasteiger partial charge on any atom is -0.507 e. The third-order valence-electron chi connectivity index (χ3n) is 3.52. The van der Waals surface area contributed by atoms with Crippen molar-refractivity contribution >= 4 is 11.8 Å². The highest BCUT2D eigenvalue weighted by atomic mass is 16.5. The molecule has 0 saturated carbocycles. The Balaban J connectivity index is 0.000000194. The Bertz CT molecular complexity index is 819. The lowest BCUT2D eigenvalue weighted by molar-refractivity contribution is 0.0430. The number of hydrogen-bond acceptors (Lipinski definition) is 5. The van der Waals surface area contributed by atoms with Crippen molar-refractivity contribution in [2.45, 2.75) is 0 Å². The average Bonchev–Trinajstić information content (AvgIpc) is 2.73. The molecule has 3 aromatic carbocycles. The van der Waals surface area contributed by atoms with Crippen LogP contribution in [0.4, 0.5) is 0 Å². The van der Waals surface area contributed by atoms with Gasteiger partial charge >= 0.3 is 5.97 Å². The first-order valence-electron chi connectivity index (χ1n) is 8.34. The average molecular weight is 364 g/mol. The number of aromatic hydroxyl groups is 1. The lowest BCUT2D eigenvalue weighted by atomic mass is 10.0. The van der Waals surface area contributed by atoms with Gasteiger partial charge in [0.25, 0.3) is 0 Å². The first kappa shape index (κ1) is 19.9. The molecule has 0 aliphatic carbocycles. The number of benzene rings is 3. The van der Waals surface area contributed by atoms with Crippen molar-refractivity contribution in [3.63, 3.8) is 0 Å². The van der Waals surface area contributed by atoms with Crippen molar-refractivity contribution in [3.8, 4) is 5.75 Å². The van der Waals surface area contributed by atoms with E-state index in [1.807, 2.05) is 60.7 Å². The minimum atomic E-state index is -0.632. The number of ketones is 1. The molecule has 0 unspecified atom stereocenters. The summed E-state index contributed by atoms with van der Waals surface area (Å²) in [7, 11) is 0. The molecule has 0 aliphatic rings. The van der Waals surface area contributed by atoms with Crippen LogP contribution in [0.5, 0.6) is 5.75 Å². The van der Waals surface area contributed by atoms with E-state index >= 15 is 0 Å². The zero-order valence-electron chi connectivity index (χ0n) is 14.6. The van der Waals surface area contributed by atoms with E-state index in [0.29, 0.717) is 0 Å². The van der Waals surface area contributed by atoms with Crippen molar-refractivity contribution in [3.05, 3.63) is 102 Å². The zero-order chi connectivity index (χ0) is 19.5. The lowest BCUT2D eigenvalue weighted by Crippen LogP contribution is -2.08. The van der Waals surface area contributed by atoms with Gasteiger partial charge in [0.05, 0.1) is 6.61 Å². The van der Waals surface area contributed by atoms with Gasteiger partial charge < -0.3 is 14.9 Å². The van der Waals surface area contributed by atoms with E-state index in [1.54, 1.807) is 12.1 Å². The molecule has 0 aromatic heterocycles. The Morgan fingerprint density at radius 1 is 0.741 bits per heavy atom. The summed E-state index contributed by atoms with van der Waals surface area (Å²) in [6.45, 7) is -0.285. The van der Waals surface area contributed by atoms with Crippen LogP contribution in [0.15, 0.2) is 84.9 Å². The summed E-state index contributed by atoms with van der Waals surface area (Å²) in [5.74, 6) is -0.677. The number of aliphatic hydroxyl groups is 1. The number of phenols is 1. The number of aliphatic hydroxyl groups excluding tert-OH is 1. The van der Waals surface area contributed by atoms with Crippen LogP contribution >= 0.6 is 0 Å². The summed E-state index contributed by atoms with van der Waals surface area (Å²) in [5.41, 5.74) is 1.58. The van der Waals surface area contributed by atoms with Crippen molar-refractivity contribution in [1.82, 2.24) is 0 Å². The monoisotopic (exact) mass is 364 g/mol. The number of phenolic OH excluding ortho intramolecular Hbond substituents is 1. The van der Waals surface area contributed by atoms with E-state index in [0.717, 1.165) is 11.1 Å². The summed E-state index contributed by atoms with van der Waals surface area (Å²) in [4.78, 5) is 23.0. The molecule has 0 saturated heterocycles. The summed E-state index contributed by atoms with van der Waals surface area (Å²) < 4.78 is 4.61. The maximum atomic E-state index is 11.8. The van der Waals surface area contributed by atoms with Crippen LogP contribution in [0.1, 0.15) is 26.3 Å². The second-order valence-corrected chi connectivity index (χ2v) is 5.44. The van der Waals surface area contributed by atoms with Crippen LogP contribution in [-0.4, -0.2) is 35.2 Å². The third-order valence-corrected chi connectivity index (χ3v) is 3.52. The van der Waals surface area contributed by atoms with Gasteiger partial charge in [0, 0.05) is 11.1 Å². The fraction of sp³-hybridized carbons (Fsp3) is 0.0909. The second kappa shape index (κ2) is 10.5. The fourth-order valence-electron chi connectivity index (χ4n) is 2.21. The van der Waals surface area contributed by atoms with Crippen LogP contribution in [-0.2, 0) is 4.74 Å². The van der Waals surface area contributed by atoms with Crippen LogP contribution in [0.3, 0.4) is 0 Å². The summed E-state index contributed by atoms with van der Waals surface area (Å²) >= 11 is 0. The van der Waals surface area contributed by atoms with Crippen LogP contribution in [0.25, 0.3) is 0 Å². The van der Waals surface area contributed by atoms with Crippen LogP contribution in [0, 0.1) is 0 Å². The van der Waals surface area contributed by atoms with Gasteiger partial charge in [-0.25, -0.2) is 4.79 Å². The van der Waals surface area contributed by atoms with Gasteiger partial charge in [-0.15, -0.1) is 0 Å². The number of para-hydroxylation sites is 1. The Morgan fingerprint density at radius 2 is 1.22 bits per heavy atom. The lowest BCUT2D eigenvalue weighted by Gasteiger charge is -2.03. The summed E-state index contributed by atoms with van der Waals surface area (Å²) in [5, 5.41) is 17.6. The van der Waals surface area contributed by atoms with Gasteiger partial charge in [-0.3, -0.25) is 4.79 Å². The molecule has 0 heterocycles. The largest absolute Gasteiger partial charge is 0.507 e. The first-order chi connectivity index (χ1) is 13.1. The highest BCUT2D eigenvalue weighted by molar-refractivity contribution is 6.08. The molecule has 0 radical (unpaired) electrons. The molecule has 5 heteroatoms. The topological polar surface area (TPSA) is 83.8 Å². The number of carbonyl (C=O) groups excluding carboxylic acids is 2. The minimum absolute atomic E-state index is 0.0623. The van der Waals surface area contributed by atoms with E-state index in [4.69, 9.17) is 5.11 Å². The molecular weight excluding hydrogens is 344 g/mol. The molecule has 2 N–H and O–H groups in total. The number of esters is 1. The Labute approximate surface area is 157 Å². The molecule has 0 aliphatic heterocycles. The van der Waals surface area contributed by atoms with E-state index in [1.165, 1.54) is 12.1 Å². The number of ether oxygens (including phenoxy) is 1. The van der Waals surface area contributed by atoms with Crippen molar-refractivity contribution in [2.24, 2.45) is 0 Å². The first-order valence-corrected chi connectivity index (χ1v) is 8.34. The predicted molar refractivity (Wildman–Crippen MR) is 102 cm³/mol. The molecule has 0 bridgehead atoms. The van der Waals surface area contributed by atoms with Gasteiger partial charge in [0.1, 0.15) is 17.9 Å². The maximum Gasteiger partial charge on any atom is 0.341 e. The molecular formula is C22H20O5. The van der Waals surface area contributed by atoms with E-state index < -0.39 is 5.97 Å². The Hall–Kier alpha value is -3.44. The maximum absolute atomic E-state index is 11.8. The Morgan fingerprint density at radius 3 is 1.70 bits per heavy atom. The second-order valence-electron chi connectivity index (χ2n) is 5.44. The number of carbonyl (C=O) groups is 2. The van der Waals surface area contributed by atoms with Gasteiger partial charge in [0.2, 0.25) is 0 Å². The predicted octanol–water partition coefficient (Wildman–Crippen LogP) is 3.46. The molecule has 0 spiro atoms. The summed E-state index contributed by atoms with van der Waals surface area (Å²) in [6, 6.07) is 24.7. The zero-order valence-corrected chi connectivity index (χ0v) is 14.6. The van der Waals surface area contributed by atoms with Crippen molar-refractivity contribution in [2.75, 3.05) is 13.2 Å². The molecule has 3 rings (SSSR count). The van der Waals surface area contributed by atoms with Gasteiger partial charge in [-0.05, 0) is 12.1 Å². The molecule has 5 nitrogen and oxygen atoms in total. The normalized spacial score (nSPS) is 9.67. The van der Waals surface area contributed by atoms with Gasteiger partial charge in [-0.1, -0.05) is 72.8 Å². The molecule has 27 heavy (non-hydrogen) atoms. The number of hydrogen-bond donors (Lipinski definition) is 2. The quantitative estimate of drug-likeness (QED) is 0.535. The molecule has 3 aromatic rings. The molecule has 0 fully saturated rings. The van der Waals surface area contributed by atoms with Crippen LogP contribution in [0.2, 0.25) is 0 Å². The SMILES string of the molecule is O=C(OCCO)c1ccccc1O.O=C(c1ccccc1)c1ccccc1. The Kier molecular flexibility index (Phi) is 7.75.